The molecular formula is C24H19N7O2S. The minimum atomic E-state index is -3.84. The standard InChI is InChI=1S/C24H19N7O2S/c1-26-12-18(11-25)24-15-29-22-8-3-16(10-23(22)30-24)17-9-20(14-28-13-17)31-34(32,33)21-6-4-19(27-2)5-7-21/h3-15,25-26,31H,1H3/b18-12+,25-11?. The number of fused-ring (bicyclic) bond motifs is 1. The van der Waals surface area contributed by atoms with Crippen LogP contribution in [0.25, 0.3) is 32.6 Å². The Bertz CT molecular complexity index is 1560. The maximum Gasteiger partial charge on any atom is 0.261 e. The smallest absolute Gasteiger partial charge is 0.261 e. The van der Waals surface area contributed by atoms with Gasteiger partial charge in [-0.3, -0.25) is 14.7 Å². The fourth-order valence-electron chi connectivity index (χ4n) is 3.24. The molecule has 2 heterocycles. The highest BCUT2D eigenvalue weighted by Crippen LogP contribution is 2.26. The summed E-state index contributed by atoms with van der Waals surface area (Å²) in [5, 5.41) is 10.5. The lowest BCUT2D eigenvalue weighted by molar-refractivity contribution is 0.601. The van der Waals surface area contributed by atoms with Gasteiger partial charge in [-0.05, 0) is 23.8 Å². The summed E-state index contributed by atoms with van der Waals surface area (Å²) in [7, 11) is -2.10. The Morgan fingerprint density at radius 2 is 1.82 bits per heavy atom. The van der Waals surface area contributed by atoms with Crippen molar-refractivity contribution in [2.24, 2.45) is 0 Å². The molecule has 9 nitrogen and oxygen atoms in total. The van der Waals surface area contributed by atoms with Crippen molar-refractivity contribution >= 4 is 44.2 Å². The van der Waals surface area contributed by atoms with E-state index in [-0.39, 0.29) is 4.90 Å². The topological polar surface area (TPSA) is 125 Å². The summed E-state index contributed by atoms with van der Waals surface area (Å²) in [6.07, 6.45) is 7.53. The number of rotatable bonds is 7. The van der Waals surface area contributed by atoms with Gasteiger partial charge in [-0.1, -0.05) is 30.3 Å². The van der Waals surface area contributed by atoms with Crippen molar-refractivity contribution in [1.82, 2.24) is 20.3 Å². The van der Waals surface area contributed by atoms with Crippen LogP contribution in [0.4, 0.5) is 11.4 Å². The maximum absolute atomic E-state index is 12.7. The zero-order valence-electron chi connectivity index (χ0n) is 18.0. The van der Waals surface area contributed by atoms with Crippen molar-refractivity contribution in [2.75, 3.05) is 11.8 Å². The Hall–Kier alpha value is -4.62. The number of nitrogens with one attached hydrogen (secondary N) is 3. The highest BCUT2D eigenvalue weighted by Gasteiger charge is 2.15. The number of anilines is 1. The van der Waals surface area contributed by atoms with Gasteiger partial charge >= 0.3 is 0 Å². The first-order valence-corrected chi connectivity index (χ1v) is 11.5. The van der Waals surface area contributed by atoms with Crippen molar-refractivity contribution < 1.29 is 8.42 Å². The maximum atomic E-state index is 12.7. The number of pyridine rings is 1. The lowest BCUT2D eigenvalue weighted by Gasteiger charge is -2.10. The molecule has 3 N–H and O–H groups in total. The number of nitrogens with zero attached hydrogens (tertiary/aromatic N) is 4. The molecule has 0 unspecified atom stereocenters. The largest absolute Gasteiger partial charge is 0.393 e. The van der Waals surface area contributed by atoms with Gasteiger partial charge in [-0.15, -0.1) is 0 Å². The van der Waals surface area contributed by atoms with Crippen molar-refractivity contribution in [2.45, 2.75) is 4.90 Å². The van der Waals surface area contributed by atoms with Crippen LogP contribution in [0.5, 0.6) is 0 Å². The second-order valence-electron chi connectivity index (χ2n) is 7.16. The second-order valence-corrected chi connectivity index (χ2v) is 8.85. The molecule has 2 aromatic heterocycles. The summed E-state index contributed by atoms with van der Waals surface area (Å²) < 4.78 is 28.0. The van der Waals surface area contributed by atoms with E-state index in [1.54, 1.807) is 31.7 Å². The van der Waals surface area contributed by atoms with Crippen LogP contribution in [0.15, 0.2) is 78.2 Å². The molecule has 2 aromatic carbocycles. The van der Waals surface area contributed by atoms with Gasteiger partial charge in [0.05, 0.1) is 46.3 Å². The van der Waals surface area contributed by atoms with E-state index in [4.69, 9.17) is 12.0 Å². The normalized spacial score (nSPS) is 11.6. The summed E-state index contributed by atoms with van der Waals surface area (Å²) in [6, 6.07) is 12.9. The Morgan fingerprint density at radius 1 is 1.03 bits per heavy atom. The summed E-state index contributed by atoms with van der Waals surface area (Å²) >= 11 is 0. The molecule has 0 amide bonds. The first-order chi connectivity index (χ1) is 16.4. The third kappa shape index (κ3) is 4.74. The van der Waals surface area contributed by atoms with Crippen LogP contribution in [-0.4, -0.2) is 36.6 Å². The van der Waals surface area contributed by atoms with E-state index >= 15 is 0 Å². The molecule has 10 heteroatoms. The molecular weight excluding hydrogens is 450 g/mol. The number of benzene rings is 2. The van der Waals surface area contributed by atoms with E-state index in [2.05, 4.69) is 29.8 Å². The summed E-state index contributed by atoms with van der Waals surface area (Å²) in [5.41, 5.74) is 4.59. The Labute approximate surface area is 196 Å². The van der Waals surface area contributed by atoms with Crippen LogP contribution in [-0.2, 0) is 10.0 Å². The molecule has 0 saturated heterocycles. The average molecular weight is 470 g/mol. The fourth-order valence-corrected chi connectivity index (χ4v) is 4.28. The number of aromatic nitrogens is 3. The number of allylic oxidation sites excluding steroid dienone is 1. The van der Waals surface area contributed by atoms with E-state index in [1.807, 2.05) is 18.2 Å². The molecule has 34 heavy (non-hydrogen) atoms. The van der Waals surface area contributed by atoms with Gasteiger partial charge in [0.1, 0.15) is 0 Å². The van der Waals surface area contributed by atoms with Crippen molar-refractivity contribution in [3.8, 4) is 11.1 Å². The van der Waals surface area contributed by atoms with E-state index in [0.717, 1.165) is 5.56 Å². The second kappa shape index (κ2) is 9.48. The summed E-state index contributed by atoms with van der Waals surface area (Å²) in [4.78, 5) is 16.5. The third-order valence-electron chi connectivity index (χ3n) is 4.89. The molecule has 4 rings (SSSR count). The van der Waals surface area contributed by atoms with Crippen LogP contribution in [0.2, 0.25) is 0 Å². The van der Waals surface area contributed by atoms with E-state index < -0.39 is 10.0 Å². The fraction of sp³-hybridized carbons (Fsp3) is 0.0417. The quantitative estimate of drug-likeness (QED) is 0.274. The van der Waals surface area contributed by atoms with Crippen LogP contribution in [0.3, 0.4) is 0 Å². The van der Waals surface area contributed by atoms with Crippen molar-refractivity contribution in [3.05, 3.63) is 90.4 Å². The molecule has 0 spiro atoms. The van der Waals surface area contributed by atoms with E-state index in [0.29, 0.717) is 39.2 Å². The first kappa shape index (κ1) is 22.6. The van der Waals surface area contributed by atoms with E-state index in [9.17, 15) is 8.42 Å². The van der Waals surface area contributed by atoms with Gasteiger partial charge in [0.2, 0.25) is 0 Å². The molecule has 0 aliphatic rings. The van der Waals surface area contributed by atoms with E-state index in [1.165, 1.54) is 36.7 Å². The highest BCUT2D eigenvalue weighted by atomic mass is 32.2. The highest BCUT2D eigenvalue weighted by molar-refractivity contribution is 7.92. The van der Waals surface area contributed by atoms with Crippen LogP contribution in [0.1, 0.15) is 5.69 Å². The molecule has 0 aliphatic carbocycles. The van der Waals surface area contributed by atoms with Gasteiger partial charge in [0, 0.05) is 36.8 Å². The Balaban J connectivity index is 1.66. The Kier molecular flexibility index (Phi) is 6.29. The number of hydrogen-bond acceptors (Lipinski definition) is 7. The third-order valence-corrected chi connectivity index (χ3v) is 6.29. The average Bonchev–Trinajstić information content (AvgIpc) is 2.86. The van der Waals surface area contributed by atoms with Gasteiger partial charge in [0.25, 0.3) is 10.0 Å². The number of sulfonamides is 1. The van der Waals surface area contributed by atoms with Gasteiger partial charge < -0.3 is 10.7 Å². The van der Waals surface area contributed by atoms with Crippen molar-refractivity contribution in [1.29, 1.82) is 5.41 Å². The monoisotopic (exact) mass is 469 g/mol. The zero-order chi connectivity index (χ0) is 24.1. The van der Waals surface area contributed by atoms with Gasteiger partial charge in [-0.2, -0.15) is 0 Å². The summed E-state index contributed by atoms with van der Waals surface area (Å²) in [5.74, 6) is 0. The number of hydrogen-bond donors (Lipinski definition) is 3. The summed E-state index contributed by atoms with van der Waals surface area (Å²) in [6.45, 7) is 6.99. The lowest BCUT2D eigenvalue weighted by Crippen LogP contribution is -2.13. The first-order valence-electron chi connectivity index (χ1n) is 10.0. The minimum Gasteiger partial charge on any atom is -0.393 e. The molecule has 0 aliphatic heterocycles. The molecule has 168 valence electrons. The van der Waals surface area contributed by atoms with Crippen LogP contribution < -0.4 is 10.0 Å². The predicted octanol–water partition coefficient (Wildman–Crippen LogP) is 4.25. The molecule has 0 saturated carbocycles. The SMILES string of the molecule is [C-]#[N+]c1ccc(S(=O)(=O)Nc2cncc(-c3ccc4ncc(/C(C=N)=C/NC)nc4c3)c2)cc1. The Morgan fingerprint density at radius 3 is 2.53 bits per heavy atom. The van der Waals surface area contributed by atoms with Crippen molar-refractivity contribution in [3.63, 3.8) is 0 Å². The lowest BCUT2D eigenvalue weighted by atomic mass is 10.1. The predicted molar refractivity (Wildman–Crippen MR) is 132 cm³/mol. The molecule has 0 fully saturated rings. The van der Waals surface area contributed by atoms with Gasteiger partial charge in [0.15, 0.2) is 5.69 Å². The molecule has 0 atom stereocenters. The van der Waals surface area contributed by atoms with Crippen LogP contribution in [0, 0.1) is 12.0 Å². The van der Waals surface area contributed by atoms with Gasteiger partial charge in [-0.25, -0.2) is 18.2 Å². The zero-order valence-corrected chi connectivity index (χ0v) is 18.8. The molecule has 0 bridgehead atoms. The molecule has 0 radical (unpaired) electrons. The van der Waals surface area contributed by atoms with Crippen LogP contribution >= 0.6 is 0 Å². The molecule has 4 aromatic rings. The minimum absolute atomic E-state index is 0.0513.